The number of sulfonamides is 1. The summed E-state index contributed by atoms with van der Waals surface area (Å²) in [5, 5.41) is 3.05. The number of benzene rings is 2. The Kier molecular flexibility index (Phi) is 8.08. The number of hydrogen-bond acceptors (Lipinski definition) is 4. The van der Waals surface area contributed by atoms with Gasteiger partial charge < -0.3 is 10.1 Å². The van der Waals surface area contributed by atoms with Crippen LogP contribution >= 0.6 is 0 Å². The number of methoxy groups -OCH3 is 1. The van der Waals surface area contributed by atoms with E-state index in [4.69, 9.17) is 4.74 Å². The Morgan fingerprint density at radius 3 is 2.38 bits per heavy atom. The number of amides is 1. The van der Waals surface area contributed by atoms with E-state index in [0.717, 1.165) is 18.2 Å². The molecule has 0 aliphatic heterocycles. The Morgan fingerprint density at radius 1 is 1.14 bits per heavy atom. The molecular formula is C22H30N2O4S. The van der Waals surface area contributed by atoms with E-state index in [1.165, 1.54) is 17.0 Å². The van der Waals surface area contributed by atoms with E-state index in [0.29, 0.717) is 17.9 Å². The number of nitrogens with one attached hydrogen (secondary N) is 1. The Labute approximate surface area is 173 Å². The molecule has 0 bridgehead atoms. The molecule has 0 saturated carbocycles. The first-order chi connectivity index (χ1) is 13.8. The van der Waals surface area contributed by atoms with E-state index in [1.54, 1.807) is 24.3 Å². The summed E-state index contributed by atoms with van der Waals surface area (Å²) in [7, 11) is -2.00. The highest BCUT2D eigenvalue weighted by Gasteiger charge is 2.21. The quantitative estimate of drug-likeness (QED) is 0.636. The van der Waals surface area contributed by atoms with Gasteiger partial charge in [0.25, 0.3) is 0 Å². The first-order valence-electron chi connectivity index (χ1n) is 9.73. The number of hydrogen-bond donors (Lipinski definition) is 1. The van der Waals surface area contributed by atoms with E-state index in [-0.39, 0.29) is 24.9 Å². The molecule has 0 radical (unpaired) electrons. The number of ether oxygens (including phenoxy) is 1. The van der Waals surface area contributed by atoms with Crippen molar-refractivity contribution in [2.75, 3.05) is 24.2 Å². The summed E-state index contributed by atoms with van der Waals surface area (Å²) in [6.07, 6.45) is 2.58. The Balaban J connectivity index is 2.00. The maximum atomic E-state index is 12.4. The molecule has 0 fully saturated rings. The highest BCUT2D eigenvalue weighted by molar-refractivity contribution is 7.92. The van der Waals surface area contributed by atoms with Crippen LogP contribution in [0.2, 0.25) is 0 Å². The molecule has 29 heavy (non-hydrogen) atoms. The topological polar surface area (TPSA) is 75.7 Å². The lowest BCUT2D eigenvalue weighted by Gasteiger charge is -2.24. The van der Waals surface area contributed by atoms with Crippen LogP contribution in [0.3, 0.4) is 0 Å². The number of nitrogens with zero attached hydrogens (tertiary/aromatic N) is 1. The van der Waals surface area contributed by atoms with Gasteiger partial charge in [-0.15, -0.1) is 0 Å². The fourth-order valence-electron chi connectivity index (χ4n) is 3.17. The van der Waals surface area contributed by atoms with E-state index < -0.39 is 10.0 Å². The van der Waals surface area contributed by atoms with Crippen LogP contribution in [0.15, 0.2) is 48.5 Å². The van der Waals surface area contributed by atoms with Crippen LogP contribution in [0, 0.1) is 6.92 Å². The van der Waals surface area contributed by atoms with Gasteiger partial charge in [-0.3, -0.25) is 9.10 Å². The van der Waals surface area contributed by atoms with Crippen LogP contribution in [0.1, 0.15) is 43.4 Å². The predicted octanol–water partition coefficient (Wildman–Crippen LogP) is 3.82. The SMILES string of the molecule is CC[C@@H](NC(=O)CCCN(c1ccccc1OC)S(C)(=O)=O)c1ccc(C)cc1. The summed E-state index contributed by atoms with van der Waals surface area (Å²) in [4.78, 5) is 12.4. The third-order valence-electron chi connectivity index (χ3n) is 4.74. The lowest BCUT2D eigenvalue weighted by atomic mass is 10.0. The minimum Gasteiger partial charge on any atom is -0.495 e. The first kappa shape index (κ1) is 22.7. The lowest BCUT2D eigenvalue weighted by molar-refractivity contribution is -0.121. The van der Waals surface area contributed by atoms with Crippen LogP contribution in [0.5, 0.6) is 5.75 Å². The zero-order chi connectivity index (χ0) is 21.4. The first-order valence-corrected chi connectivity index (χ1v) is 11.6. The van der Waals surface area contributed by atoms with Crippen LogP contribution in [-0.4, -0.2) is 34.2 Å². The van der Waals surface area contributed by atoms with E-state index in [1.807, 2.05) is 38.1 Å². The molecule has 7 heteroatoms. The minimum absolute atomic E-state index is 0.0525. The van der Waals surface area contributed by atoms with E-state index in [9.17, 15) is 13.2 Å². The van der Waals surface area contributed by atoms with Gasteiger partial charge >= 0.3 is 0 Å². The van der Waals surface area contributed by atoms with Gasteiger partial charge in [-0.1, -0.05) is 48.9 Å². The average Bonchev–Trinajstić information content (AvgIpc) is 2.69. The molecule has 158 valence electrons. The molecule has 0 unspecified atom stereocenters. The summed E-state index contributed by atoms with van der Waals surface area (Å²) in [6, 6.07) is 15.0. The molecule has 1 atom stereocenters. The average molecular weight is 419 g/mol. The molecule has 0 saturated heterocycles. The summed E-state index contributed by atoms with van der Waals surface area (Å²) < 4.78 is 31.1. The largest absolute Gasteiger partial charge is 0.495 e. The number of anilines is 1. The second-order valence-corrected chi connectivity index (χ2v) is 8.96. The predicted molar refractivity (Wildman–Crippen MR) is 117 cm³/mol. The Hall–Kier alpha value is -2.54. The molecule has 1 N–H and O–H groups in total. The fraction of sp³-hybridized carbons (Fsp3) is 0.409. The van der Waals surface area contributed by atoms with Crippen molar-refractivity contribution in [3.8, 4) is 5.75 Å². The number of carbonyl (C=O) groups excluding carboxylic acids is 1. The van der Waals surface area contributed by atoms with Gasteiger partial charge in [0.2, 0.25) is 15.9 Å². The van der Waals surface area contributed by atoms with E-state index in [2.05, 4.69) is 5.32 Å². The zero-order valence-electron chi connectivity index (χ0n) is 17.5. The third kappa shape index (κ3) is 6.49. The van der Waals surface area contributed by atoms with Crippen molar-refractivity contribution in [3.05, 3.63) is 59.7 Å². The van der Waals surface area contributed by atoms with E-state index >= 15 is 0 Å². The van der Waals surface area contributed by atoms with Gasteiger partial charge in [0.05, 0.1) is 25.1 Å². The van der Waals surface area contributed by atoms with Crippen LogP contribution in [0.4, 0.5) is 5.69 Å². The summed E-state index contributed by atoms with van der Waals surface area (Å²) in [5.74, 6) is 0.388. The third-order valence-corrected chi connectivity index (χ3v) is 5.92. The summed E-state index contributed by atoms with van der Waals surface area (Å²) in [5.41, 5.74) is 2.72. The number of para-hydroxylation sites is 2. The highest BCUT2D eigenvalue weighted by Crippen LogP contribution is 2.29. The highest BCUT2D eigenvalue weighted by atomic mass is 32.2. The normalized spacial score (nSPS) is 12.3. The van der Waals surface area contributed by atoms with Crippen molar-refractivity contribution < 1.29 is 17.9 Å². The summed E-state index contributed by atoms with van der Waals surface area (Å²) in [6.45, 7) is 4.25. The minimum atomic E-state index is -3.50. The van der Waals surface area contributed by atoms with Crippen molar-refractivity contribution in [2.24, 2.45) is 0 Å². The molecule has 0 spiro atoms. The molecule has 2 rings (SSSR count). The molecule has 6 nitrogen and oxygen atoms in total. The Morgan fingerprint density at radius 2 is 1.79 bits per heavy atom. The van der Waals surface area contributed by atoms with Gasteiger partial charge in [0, 0.05) is 13.0 Å². The smallest absolute Gasteiger partial charge is 0.232 e. The van der Waals surface area contributed by atoms with Gasteiger partial charge in [-0.05, 0) is 37.5 Å². The van der Waals surface area contributed by atoms with Crippen LogP contribution in [0.25, 0.3) is 0 Å². The standard InChI is InChI=1S/C22H30N2O4S/c1-5-19(18-14-12-17(2)13-15-18)23-22(25)11-8-16-24(29(4,26)27)20-9-6-7-10-21(20)28-3/h6-7,9-10,12-15,19H,5,8,11,16H2,1-4H3,(H,23,25)/t19-/m1/s1. The molecule has 0 heterocycles. The molecule has 2 aromatic rings. The second-order valence-electron chi connectivity index (χ2n) is 7.05. The second kappa shape index (κ2) is 10.3. The monoisotopic (exact) mass is 418 g/mol. The van der Waals surface area contributed by atoms with Crippen molar-refractivity contribution in [1.29, 1.82) is 0 Å². The van der Waals surface area contributed by atoms with Crippen molar-refractivity contribution in [1.82, 2.24) is 5.32 Å². The van der Waals surface area contributed by atoms with Gasteiger partial charge in [-0.2, -0.15) is 0 Å². The Bertz CT molecular complexity index is 911. The maximum absolute atomic E-state index is 12.4. The molecule has 0 aromatic heterocycles. The van der Waals surface area contributed by atoms with Crippen molar-refractivity contribution in [3.63, 3.8) is 0 Å². The summed E-state index contributed by atoms with van der Waals surface area (Å²) >= 11 is 0. The van der Waals surface area contributed by atoms with Crippen molar-refractivity contribution in [2.45, 2.75) is 39.2 Å². The molecule has 0 aliphatic rings. The molecule has 1 amide bonds. The molecule has 2 aromatic carbocycles. The fourth-order valence-corrected chi connectivity index (χ4v) is 4.14. The van der Waals surface area contributed by atoms with Crippen LogP contribution < -0.4 is 14.4 Å². The number of rotatable bonds is 10. The number of aryl methyl sites for hydroxylation is 1. The van der Waals surface area contributed by atoms with Crippen molar-refractivity contribution >= 4 is 21.6 Å². The lowest BCUT2D eigenvalue weighted by Crippen LogP contribution is -2.33. The van der Waals surface area contributed by atoms with Crippen LogP contribution in [-0.2, 0) is 14.8 Å². The van der Waals surface area contributed by atoms with Gasteiger partial charge in [0.1, 0.15) is 5.75 Å². The molecular weight excluding hydrogens is 388 g/mol. The maximum Gasteiger partial charge on any atom is 0.232 e. The van der Waals surface area contributed by atoms with Gasteiger partial charge in [0.15, 0.2) is 0 Å². The number of carbonyl (C=O) groups is 1. The zero-order valence-corrected chi connectivity index (χ0v) is 18.3. The van der Waals surface area contributed by atoms with Gasteiger partial charge in [-0.25, -0.2) is 8.42 Å². The molecule has 0 aliphatic carbocycles.